The summed E-state index contributed by atoms with van der Waals surface area (Å²) in [7, 11) is -5.42. The lowest BCUT2D eigenvalue weighted by Crippen LogP contribution is -2.39. The van der Waals surface area contributed by atoms with E-state index in [2.05, 4.69) is 21.4 Å². The molecule has 4 nitrogen and oxygen atoms in total. The molecule has 1 aromatic rings. The van der Waals surface area contributed by atoms with Gasteiger partial charge in [-0.25, -0.2) is 8.42 Å². The standard InChI is InChI=1S/C13H21BrO4SSi/c1-4-17-20(3,18-5-2)11-10-12-6-8-13(9-7-12)19(14,15)16/h6-9H,4-5,10-11H2,1-3H3. The molecule has 0 bridgehead atoms. The molecule has 0 saturated heterocycles. The molecule has 0 atom stereocenters. The van der Waals surface area contributed by atoms with Crippen LogP contribution in [0.4, 0.5) is 0 Å². The SMILES string of the molecule is CCO[Si](C)(CCc1ccc(S(=O)(=O)Br)cc1)OCC. The Morgan fingerprint density at radius 2 is 1.60 bits per heavy atom. The van der Waals surface area contributed by atoms with Crippen molar-refractivity contribution in [1.82, 2.24) is 0 Å². The van der Waals surface area contributed by atoms with Crippen LogP contribution < -0.4 is 0 Å². The van der Waals surface area contributed by atoms with Crippen LogP contribution in [0.15, 0.2) is 29.2 Å². The van der Waals surface area contributed by atoms with Gasteiger partial charge in [0.1, 0.15) is 0 Å². The highest BCUT2D eigenvalue weighted by molar-refractivity contribution is 9.47. The van der Waals surface area contributed by atoms with Crippen LogP contribution in [0.1, 0.15) is 19.4 Å². The molecule has 0 aliphatic rings. The lowest BCUT2D eigenvalue weighted by molar-refractivity contribution is 0.189. The first-order chi connectivity index (χ1) is 9.30. The van der Waals surface area contributed by atoms with Crippen molar-refractivity contribution in [2.45, 2.75) is 37.8 Å². The van der Waals surface area contributed by atoms with Gasteiger partial charge in [0.15, 0.2) is 0 Å². The van der Waals surface area contributed by atoms with Crippen LogP contribution in [-0.2, 0) is 23.5 Å². The average molecular weight is 381 g/mol. The fraction of sp³-hybridized carbons (Fsp3) is 0.538. The van der Waals surface area contributed by atoms with Crippen LogP contribution in [0.3, 0.4) is 0 Å². The van der Waals surface area contributed by atoms with Gasteiger partial charge in [-0.1, -0.05) is 12.1 Å². The maximum Gasteiger partial charge on any atom is 0.335 e. The molecule has 0 radical (unpaired) electrons. The van der Waals surface area contributed by atoms with Crippen molar-refractivity contribution >= 4 is 31.6 Å². The molecule has 0 fully saturated rings. The van der Waals surface area contributed by atoms with E-state index in [4.69, 9.17) is 8.85 Å². The van der Waals surface area contributed by atoms with Crippen molar-refractivity contribution in [3.63, 3.8) is 0 Å². The molecule has 0 amide bonds. The zero-order valence-electron chi connectivity index (χ0n) is 12.1. The van der Waals surface area contributed by atoms with Gasteiger partial charge >= 0.3 is 8.56 Å². The first-order valence-corrected chi connectivity index (χ1v) is 12.5. The van der Waals surface area contributed by atoms with Crippen LogP contribution in [0.25, 0.3) is 0 Å². The van der Waals surface area contributed by atoms with Crippen LogP contribution in [0, 0.1) is 0 Å². The molecule has 20 heavy (non-hydrogen) atoms. The van der Waals surface area contributed by atoms with E-state index in [1.165, 1.54) is 0 Å². The minimum absolute atomic E-state index is 0.274. The topological polar surface area (TPSA) is 52.6 Å². The molecular formula is C13H21BrO4SSi. The predicted molar refractivity (Wildman–Crippen MR) is 85.9 cm³/mol. The third kappa shape index (κ3) is 5.65. The molecule has 0 spiro atoms. The summed E-state index contributed by atoms with van der Waals surface area (Å²) >= 11 is 2.66. The third-order valence-electron chi connectivity index (χ3n) is 2.97. The first-order valence-electron chi connectivity index (χ1n) is 6.62. The molecule has 1 rings (SSSR count). The van der Waals surface area contributed by atoms with Crippen LogP contribution >= 0.6 is 14.8 Å². The van der Waals surface area contributed by atoms with Gasteiger partial charge in [0.25, 0.3) is 0 Å². The highest BCUT2D eigenvalue weighted by Gasteiger charge is 2.30. The second-order valence-corrected chi connectivity index (χ2v) is 11.8. The Kier molecular flexibility index (Phi) is 6.87. The van der Waals surface area contributed by atoms with E-state index in [0.717, 1.165) is 18.0 Å². The van der Waals surface area contributed by atoms with E-state index in [9.17, 15) is 8.42 Å². The molecule has 0 aliphatic heterocycles. The van der Waals surface area contributed by atoms with Crippen molar-refractivity contribution in [3.05, 3.63) is 29.8 Å². The fourth-order valence-electron chi connectivity index (χ4n) is 1.99. The van der Waals surface area contributed by atoms with Gasteiger partial charge in [-0.05, 0) is 50.6 Å². The number of hydrogen-bond donors (Lipinski definition) is 0. The molecule has 0 aromatic heterocycles. The largest absolute Gasteiger partial charge is 0.395 e. The summed E-state index contributed by atoms with van der Waals surface area (Å²) in [4.78, 5) is 0.274. The summed E-state index contributed by atoms with van der Waals surface area (Å²) in [6.07, 6.45) is 0.825. The Bertz CT molecular complexity index is 510. The summed E-state index contributed by atoms with van der Waals surface area (Å²) < 4.78 is 34.2. The number of benzene rings is 1. The summed E-state index contributed by atoms with van der Waals surface area (Å²) in [5.74, 6) is 0. The Balaban J connectivity index is 2.69. The highest BCUT2D eigenvalue weighted by Crippen LogP contribution is 2.20. The lowest BCUT2D eigenvalue weighted by Gasteiger charge is -2.25. The van der Waals surface area contributed by atoms with Gasteiger partial charge in [-0.15, -0.1) is 0 Å². The van der Waals surface area contributed by atoms with Gasteiger partial charge in [0, 0.05) is 13.2 Å². The van der Waals surface area contributed by atoms with Crippen molar-refractivity contribution in [2.24, 2.45) is 0 Å². The number of rotatable bonds is 8. The van der Waals surface area contributed by atoms with E-state index in [1.807, 2.05) is 26.0 Å². The van der Waals surface area contributed by atoms with Crippen molar-refractivity contribution < 1.29 is 17.3 Å². The van der Waals surface area contributed by atoms with E-state index in [1.54, 1.807) is 12.1 Å². The lowest BCUT2D eigenvalue weighted by atomic mass is 10.2. The maximum atomic E-state index is 11.3. The van der Waals surface area contributed by atoms with E-state index >= 15 is 0 Å². The Morgan fingerprint density at radius 3 is 2.00 bits per heavy atom. The highest BCUT2D eigenvalue weighted by atomic mass is 79.9. The monoisotopic (exact) mass is 380 g/mol. The van der Waals surface area contributed by atoms with Crippen LogP contribution in [-0.4, -0.2) is 30.2 Å². The van der Waals surface area contributed by atoms with Crippen LogP contribution in [0.2, 0.25) is 12.6 Å². The van der Waals surface area contributed by atoms with Gasteiger partial charge in [-0.3, -0.25) is 0 Å². The Hall–Kier alpha value is -0.213. The van der Waals surface area contributed by atoms with Crippen molar-refractivity contribution in [2.75, 3.05) is 13.2 Å². The van der Waals surface area contributed by atoms with Gasteiger partial charge in [0.2, 0.25) is 8.27 Å². The number of aryl methyl sites for hydroxylation is 1. The Labute approximate surface area is 129 Å². The first kappa shape index (κ1) is 17.8. The minimum atomic E-state index is -3.31. The molecule has 7 heteroatoms. The molecule has 0 N–H and O–H groups in total. The minimum Gasteiger partial charge on any atom is -0.395 e. The zero-order chi connectivity index (χ0) is 15.2. The quantitative estimate of drug-likeness (QED) is 0.511. The summed E-state index contributed by atoms with van der Waals surface area (Å²) in [5, 5.41) is 0. The molecule has 114 valence electrons. The second kappa shape index (κ2) is 7.70. The molecule has 0 saturated carbocycles. The van der Waals surface area contributed by atoms with Crippen molar-refractivity contribution in [3.8, 4) is 0 Å². The summed E-state index contributed by atoms with van der Waals surface area (Å²) in [6.45, 7) is 7.32. The van der Waals surface area contributed by atoms with E-state index < -0.39 is 16.8 Å². The summed E-state index contributed by atoms with van der Waals surface area (Å²) in [6, 6.07) is 7.75. The number of halogens is 1. The fourth-order valence-corrected chi connectivity index (χ4v) is 5.43. The smallest absolute Gasteiger partial charge is 0.335 e. The molecular weight excluding hydrogens is 360 g/mol. The van der Waals surface area contributed by atoms with Crippen molar-refractivity contribution in [1.29, 1.82) is 0 Å². The van der Waals surface area contributed by atoms with Gasteiger partial charge in [-0.2, -0.15) is 0 Å². The van der Waals surface area contributed by atoms with Gasteiger partial charge < -0.3 is 8.85 Å². The predicted octanol–water partition coefficient (Wildman–Crippen LogP) is 3.46. The van der Waals surface area contributed by atoms with E-state index in [-0.39, 0.29) is 4.90 Å². The second-order valence-electron chi connectivity index (χ2n) is 4.58. The van der Waals surface area contributed by atoms with Gasteiger partial charge in [0.05, 0.1) is 19.7 Å². The summed E-state index contributed by atoms with van der Waals surface area (Å²) in [5.41, 5.74) is 1.09. The average Bonchev–Trinajstić information content (AvgIpc) is 2.37. The molecule has 1 aromatic carbocycles. The molecule has 0 aliphatic carbocycles. The van der Waals surface area contributed by atoms with E-state index in [0.29, 0.717) is 13.2 Å². The normalized spacial score (nSPS) is 12.6. The third-order valence-corrected chi connectivity index (χ3v) is 7.89. The Morgan fingerprint density at radius 1 is 1.10 bits per heavy atom. The molecule has 0 heterocycles. The molecule has 0 unspecified atom stereocenters. The van der Waals surface area contributed by atoms with Crippen LogP contribution in [0.5, 0.6) is 0 Å². The maximum absolute atomic E-state index is 11.3. The number of hydrogen-bond acceptors (Lipinski definition) is 4. The zero-order valence-corrected chi connectivity index (χ0v) is 15.5.